The molecular weight excluding hydrogens is 253 g/mol. The first kappa shape index (κ1) is 13.4. The lowest BCUT2D eigenvalue weighted by Gasteiger charge is -2.05. The molecule has 0 amide bonds. The van der Waals surface area contributed by atoms with Crippen LogP contribution in [-0.4, -0.2) is 26.1 Å². The molecule has 1 rings (SSSR count). The molecule has 0 radical (unpaired) electrons. The molecule has 0 heterocycles. The van der Waals surface area contributed by atoms with E-state index in [1.165, 1.54) is 0 Å². The van der Waals surface area contributed by atoms with E-state index in [9.17, 15) is 22.9 Å². The maximum Gasteiger partial charge on any atom is 0.306 e. The lowest BCUT2D eigenvalue weighted by Crippen LogP contribution is -2.08. The Hall–Kier alpha value is -1.70. The van der Waals surface area contributed by atoms with Gasteiger partial charge in [0, 0.05) is 11.3 Å². The molecule has 0 spiro atoms. The van der Waals surface area contributed by atoms with Crippen molar-refractivity contribution in [3.05, 3.63) is 39.7 Å². The molecule has 0 aliphatic heterocycles. The van der Waals surface area contributed by atoms with E-state index in [1.54, 1.807) is 0 Å². The predicted molar refractivity (Wildman–Crippen MR) is 57.4 cm³/mol. The zero-order valence-electron chi connectivity index (χ0n) is 8.92. The maximum absolute atomic E-state index is 13.2. The third-order valence-electron chi connectivity index (χ3n) is 1.83. The van der Waals surface area contributed by atoms with Crippen molar-refractivity contribution in [2.75, 3.05) is 12.8 Å². The molecule has 0 aliphatic carbocycles. The summed E-state index contributed by atoms with van der Waals surface area (Å²) in [6.07, 6.45) is 0.729. The van der Waals surface area contributed by atoms with Gasteiger partial charge >= 0.3 is 10.1 Å². The first-order valence-electron chi connectivity index (χ1n) is 4.57. The van der Waals surface area contributed by atoms with Crippen molar-refractivity contribution in [3.8, 4) is 5.75 Å². The standard InChI is InChI=1S/C9H10FNO5S/c1-17(14,15)16-8-2-3-9(10)7(6-8)4-5-11(12)13/h2-3,6H,4-5H2,1H3. The molecule has 0 aromatic heterocycles. The number of hydrogen-bond donors (Lipinski definition) is 0. The fourth-order valence-corrected chi connectivity index (χ4v) is 1.63. The van der Waals surface area contributed by atoms with Gasteiger partial charge in [0.1, 0.15) is 11.6 Å². The second-order valence-electron chi connectivity index (χ2n) is 3.35. The molecular formula is C9H10FNO5S. The van der Waals surface area contributed by atoms with Crippen molar-refractivity contribution in [1.82, 2.24) is 0 Å². The van der Waals surface area contributed by atoms with Crippen LogP contribution in [0.4, 0.5) is 4.39 Å². The molecule has 0 fully saturated rings. The van der Waals surface area contributed by atoms with Crippen molar-refractivity contribution in [1.29, 1.82) is 0 Å². The van der Waals surface area contributed by atoms with Crippen molar-refractivity contribution in [2.45, 2.75) is 6.42 Å². The Morgan fingerprint density at radius 3 is 2.65 bits per heavy atom. The summed E-state index contributed by atoms with van der Waals surface area (Å²) in [7, 11) is -3.69. The molecule has 0 N–H and O–H groups in total. The number of nitro groups is 1. The average molecular weight is 263 g/mol. The third kappa shape index (κ3) is 4.77. The maximum atomic E-state index is 13.2. The summed E-state index contributed by atoms with van der Waals surface area (Å²) in [4.78, 5) is 9.57. The minimum Gasteiger partial charge on any atom is -0.383 e. The number of rotatable bonds is 5. The Bertz CT molecular complexity index is 528. The van der Waals surface area contributed by atoms with Crippen LogP contribution in [0, 0.1) is 15.9 Å². The summed E-state index contributed by atoms with van der Waals surface area (Å²) in [5.41, 5.74) is 0.0443. The molecule has 17 heavy (non-hydrogen) atoms. The van der Waals surface area contributed by atoms with Crippen molar-refractivity contribution in [2.24, 2.45) is 0 Å². The first-order chi connectivity index (χ1) is 7.78. The number of halogens is 1. The molecule has 0 aliphatic rings. The smallest absolute Gasteiger partial charge is 0.306 e. The molecule has 1 aromatic carbocycles. The van der Waals surface area contributed by atoms with E-state index in [1.807, 2.05) is 0 Å². The second kappa shape index (κ2) is 5.09. The van der Waals surface area contributed by atoms with E-state index in [4.69, 9.17) is 0 Å². The molecule has 0 saturated heterocycles. The van der Waals surface area contributed by atoms with Crippen molar-refractivity contribution >= 4 is 10.1 Å². The highest BCUT2D eigenvalue weighted by atomic mass is 32.2. The van der Waals surface area contributed by atoms with Gasteiger partial charge in [-0.2, -0.15) is 8.42 Å². The zero-order valence-corrected chi connectivity index (χ0v) is 9.74. The summed E-state index contributed by atoms with van der Waals surface area (Å²) < 4.78 is 39.4. The monoisotopic (exact) mass is 263 g/mol. The van der Waals surface area contributed by atoms with E-state index in [-0.39, 0.29) is 17.7 Å². The van der Waals surface area contributed by atoms with Gasteiger partial charge in [-0.05, 0) is 23.8 Å². The van der Waals surface area contributed by atoms with Gasteiger partial charge in [0.15, 0.2) is 0 Å². The fraction of sp³-hybridized carbons (Fsp3) is 0.333. The Morgan fingerprint density at radius 2 is 2.12 bits per heavy atom. The topological polar surface area (TPSA) is 86.5 Å². The Kier molecular flexibility index (Phi) is 4.00. The zero-order chi connectivity index (χ0) is 13.1. The fourth-order valence-electron chi connectivity index (χ4n) is 1.18. The lowest BCUT2D eigenvalue weighted by molar-refractivity contribution is -0.479. The Morgan fingerprint density at radius 1 is 1.47 bits per heavy atom. The Labute approximate surface area is 97.3 Å². The van der Waals surface area contributed by atoms with Gasteiger partial charge < -0.3 is 4.18 Å². The van der Waals surface area contributed by atoms with Crippen LogP contribution in [0.2, 0.25) is 0 Å². The van der Waals surface area contributed by atoms with Crippen LogP contribution in [-0.2, 0) is 16.5 Å². The molecule has 94 valence electrons. The van der Waals surface area contributed by atoms with E-state index >= 15 is 0 Å². The predicted octanol–water partition coefficient (Wildman–Crippen LogP) is 0.983. The number of hydrogen-bond acceptors (Lipinski definition) is 5. The van der Waals surface area contributed by atoms with Gasteiger partial charge in [-0.3, -0.25) is 10.1 Å². The lowest BCUT2D eigenvalue weighted by atomic mass is 10.1. The minimum atomic E-state index is -3.69. The number of benzene rings is 1. The second-order valence-corrected chi connectivity index (χ2v) is 4.92. The minimum absolute atomic E-state index is 0.0443. The van der Waals surface area contributed by atoms with E-state index in [0.29, 0.717) is 0 Å². The van der Waals surface area contributed by atoms with Gasteiger partial charge in [-0.1, -0.05) is 0 Å². The van der Waals surface area contributed by atoms with Crippen LogP contribution in [0.3, 0.4) is 0 Å². The molecule has 0 atom stereocenters. The highest BCUT2D eigenvalue weighted by molar-refractivity contribution is 7.86. The normalized spacial score (nSPS) is 11.2. The van der Waals surface area contributed by atoms with Gasteiger partial charge in [-0.15, -0.1) is 0 Å². The average Bonchev–Trinajstić information content (AvgIpc) is 2.16. The van der Waals surface area contributed by atoms with Crippen LogP contribution in [0.25, 0.3) is 0 Å². The third-order valence-corrected chi connectivity index (χ3v) is 2.32. The van der Waals surface area contributed by atoms with Gasteiger partial charge in [0.25, 0.3) is 0 Å². The van der Waals surface area contributed by atoms with Crippen LogP contribution in [0.15, 0.2) is 18.2 Å². The van der Waals surface area contributed by atoms with Gasteiger partial charge in [0.05, 0.1) is 6.26 Å². The summed E-state index contributed by atoms with van der Waals surface area (Å²) in [5.74, 6) is -0.694. The van der Waals surface area contributed by atoms with Crippen molar-refractivity contribution < 1.29 is 21.9 Å². The highest BCUT2D eigenvalue weighted by Gasteiger charge is 2.10. The van der Waals surface area contributed by atoms with Crippen LogP contribution in [0.5, 0.6) is 5.75 Å². The molecule has 0 bridgehead atoms. The largest absolute Gasteiger partial charge is 0.383 e. The van der Waals surface area contributed by atoms with E-state index < -0.39 is 27.4 Å². The first-order valence-corrected chi connectivity index (χ1v) is 6.39. The SMILES string of the molecule is CS(=O)(=O)Oc1ccc(F)c(CC[N+](=O)[O-])c1. The number of nitrogens with zero attached hydrogens (tertiary/aromatic N) is 1. The van der Waals surface area contributed by atoms with Gasteiger partial charge in [0.2, 0.25) is 6.54 Å². The molecule has 6 nitrogen and oxygen atoms in total. The molecule has 0 saturated carbocycles. The van der Waals surface area contributed by atoms with E-state index in [2.05, 4.69) is 4.18 Å². The van der Waals surface area contributed by atoms with Crippen LogP contribution in [0.1, 0.15) is 5.56 Å². The van der Waals surface area contributed by atoms with E-state index in [0.717, 1.165) is 24.5 Å². The summed E-state index contributed by atoms with van der Waals surface area (Å²) in [5, 5.41) is 10.2. The van der Waals surface area contributed by atoms with Crippen LogP contribution < -0.4 is 4.18 Å². The molecule has 0 unspecified atom stereocenters. The highest BCUT2D eigenvalue weighted by Crippen LogP contribution is 2.18. The van der Waals surface area contributed by atoms with Crippen LogP contribution >= 0.6 is 0 Å². The van der Waals surface area contributed by atoms with Gasteiger partial charge in [-0.25, -0.2) is 4.39 Å². The summed E-state index contributed by atoms with van der Waals surface area (Å²) in [6, 6.07) is 3.29. The molecule has 8 heteroatoms. The Balaban J connectivity index is 2.90. The molecule has 1 aromatic rings. The summed E-state index contributed by atoms with van der Waals surface area (Å²) in [6.45, 7) is -0.431. The quantitative estimate of drug-likeness (QED) is 0.449. The summed E-state index contributed by atoms with van der Waals surface area (Å²) >= 11 is 0. The van der Waals surface area contributed by atoms with Crippen molar-refractivity contribution in [3.63, 3.8) is 0 Å².